The topological polar surface area (TPSA) is 49.3 Å². The Hall–Kier alpha value is -1.00. The lowest BCUT2D eigenvalue weighted by atomic mass is 10.1. The van der Waals surface area contributed by atoms with Crippen LogP contribution in [0.25, 0.3) is 0 Å². The maximum atomic E-state index is 10.8. The van der Waals surface area contributed by atoms with E-state index in [2.05, 4.69) is 5.32 Å². The molecular formula is C11H13NO2S. The maximum absolute atomic E-state index is 10.8. The molecule has 0 radical (unpaired) electrons. The van der Waals surface area contributed by atoms with Crippen molar-refractivity contribution in [2.45, 2.75) is 18.3 Å². The summed E-state index contributed by atoms with van der Waals surface area (Å²) < 4.78 is 0. The van der Waals surface area contributed by atoms with E-state index in [0.717, 1.165) is 0 Å². The number of carboxylic acid groups (broad SMARTS) is 1. The van der Waals surface area contributed by atoms with E-state index in [4.69, 9.17) is 5.11 Å². The van der Waals surface area contributed by atoms with Gasteiger partial charge in [0.1, 0.15) is 6.04 Å². The second-order valence-electron chi connectivity index (χ2n) is 3.63. The SMILES string of the molecule is Cc1ccccc1C1N[C@H](C(=O)O)CS1. The van der Waals surface area contributed by atoms with Gasteiger partial charge in [-0.05, 0) is 18.1 Å². The van der Waals surface area contributed by atoms with Crippen LogP contribution in [0.15, 0.2) is 24.3 Å². The first kappa shape index (κ1) is 10.5. The molecule has 1 aliphatic heterocycles. The van der Waals surface area contributed by atoms with E-state index in [-0.39, 0.29) is 5.37 Å². The molecular weight excluding hydrogens is 210 g/mol. The normalized spacial score (nSPS) is 25.4. The van der Waals surface area contributed by atoms with E-state index in [1.165, 1.54) is 11.1 Å². The Morgan fingerprint density at radius 2 is 2.27 bits per heavy atom. The maximum Gasteiger partial charge on any atom is 0.321 e. The molecule has 1 aromatic rings. The van der Waals surface area contributed by atoms with Crippen molar-refractivity contribution in [1.82, 2.24) is 5.32 Å². The van der Waals surface area contributed by atoms with E-state index in [1.807, 2.05) is 31.2 Å². The molecule has 1 aliphatic rings. The van der Waals surface area contributed by atoms with Crippen LogP contribution in [0, 0.1) is 6.92 Å². The monoisotopic (exact) mass is 223 g/mol. The zero-order valence-corrected chi connectivity index (χ0v) is 9.25. The van der Waals surface area contributed by atoms with Gasteiger partial charge in [0, 0.05) is 5.75 Å². The van der Waals surface area contributed by atoms with Gasteiger partial charge in [0.05, 0.1) is 5.37 Å². The number of hydrogen-bond donors (Lipinski definition) is 2. The molecule has 0 spiro atoms. The van der Waals surface area contributed by atoms with Crippen LogP contribution < -0.4 is 5.32 Å². The Kier molecular flexibility index (Phi) is 2.98. The minimum Gasteiger partial charge on any atom is -0.480 e. The highest BCUT2D eigenvalue weighted by molar-refractivity contribution is 7.99. The quantitative estimate of drug-likeness (QED) is 0.802. The molecule has 1 heterocycles. The number of aliphatic carboxylic acids is 1. The fraction of sp³-hybridized carbons (Fsp3) is 0.364. The summed E-state index contributed by atoms with van der Waals surface area (Å²) in [5.41, 5.74) is 2.39. The molecule has 4 heteroatoms. The summed E-state index contributed by atoms with van der Waals surface area (Å²) in [4.78, 5) is 10.8. The molecule has 80 valence electrons. The Morgan fingerprint density at radius 3 is 2.87 bits per heavy atom. The highest BCUT2D eigenvalue weighted by Crippen LogP contribution is 2.34. The van der Waals surface area contributed by atoms with E-state index < -0.39 is 12.0 Å². The predicted octanol–water partition coefficient (Wildman–Crippen LogP) is 1.78. The van der Waals surface area contributed by atoms with Crippen LogP contribution in [0.3, 0.4) is 0 Å². The van der Waals surface area contributed by atoms with Crippen molar-refractivity contribution >= 4 is 17.7 Å². The largest absolute Gasteiger partial charge is 0.480 e. The molecule has 0 aromatic heterocycles. The van der Waals surface area contributed by atoms with Crippen molar-refractivity contribution < 1.29 is 9.90 Å². The number of rotatable bonds is 2. The van der Waals surface area contributed by atoms with Gasteiger partial charge in [-0.25, -0.2) is 0 Å². The summed E-state index contributed by atoms with van der Waals surface area (Å²) in [7, 11) is 0. The van der Waals surface area contributed by atoms with Crippen LogP contribution in [-0.4, -0.2) is 22.9 Å². The van der Waals surface area contributed by atoms with Gasteiger partial charge in [0.25, 0.3) is 0 Å². The molecule has 0 amide bonds. The minimum atomic E-state index is -0.765. The summed E-state index contributed by atoms with van der Waals surface area (Å²) in [6.07, 6.45) is 0. The van der Waals surface area contributed by atoms with Gasteiger partial charge in [-0.1, -0.05) is 24.3 Å². The summed E-state index contributed by atoms with van der Waals surface area (Å²) in [5.74, 6) is -0.132. The van der Waals surface area contributed by atoms with Crippen LogP contribution in [0.4, 0.5) is 0 Å². The van der Waals surface area contributed by atoms with Crippen molar-refractivity contribution in [2.24, 2.45) is 0 Å². The number of thioether (sulfide) groups is 1. The van der Waals surface area contributed by atoms with Crippen LogP contribution in [0.2, 0.25) is 0 Å². The van der Waals surface area contributed by atoms with E-state index in [1.54, 1.807) is 11.8 Å². The Balaban J connectivity index is 2.14. The summed E-state index contributed by atoms with van der Waals surface area (Å²) in [5, 5.41) is 12.1. The molecule has 15 heavy (non-hydrogen) atoms. The zero-order chi connectivity index (χ0) is 10.8. The molecule has 1 fully saturated rings. The number of benzene rings is 1. The lowest BCUT2D eigenvalue weighted by Crippen LogP contribution is -2.33. The Bertz CT molecular complexity index is 381. The van der Waals surface area contributed by atoms with Crippen molar-refractivity contribution in [2.75, 3.05) is 5.75 Å². The fourth-order valence-electron chi connectivity index (χ4n) is 1.67. The molecule has 0 bridgehead atoms. The van der Waals surface area contributed by atoms with Crippen LogP contribution in [0.5, 0.6) is 0 Å². The summed E-state index contributed by atoms with van der Waals surface area (Å²) in [6, 6.07) is 7.65. The van der Waals surface area contributed by atoms with E-state index >= 15 is 0 Å². The lowest BCUT2D eigenvalue weighted by molar-refractivity contribution is -0.138. The first-order valence-electron chi connectivity index (χ1n) is 4.84. The number of hydrogen-bond acceptors (Lipinski definition) is 3. The van der Waals surface area contributed by atoms with Crippen molar-refractivity contribution in [3.8, 4) is 0 Å². The Labute approximate surface area is 92.9 Å². The number of nitrogens with one attached hydrogen (secondary N) is 1. The first-order chi connectivity index (χ1) is 7.18. The molecule has 2 N–H and O–H groups in total. The second kappa shape index (κ2) is 4.24. The van der Waals surface area contributed by atoms with Gasteiger partial charge in [0.2, 0.25) is 0 Å². The van der Waals surface area contributed by atoms with Crippen LogP contribution in [0.1, 0.15) is 16.5 Å². The molecule has 0 saturated carbocycles. The van der Waals surface area contributed by atoms with Gasteiger partial charge in [-0.3, -0.25) is 10.1 Å². The highest BCUT2D eigenvalue weighted by atomic mass is 32.2. The standard InChI is InChI=1S/C11H13NO2S/c1-7-4-2-3-5-8(7)10-12-9(6-15-10)11(13)14/h2-5,9-10,12H,6H2,1H3,(H,13,14)/t9-,10?/m0/s1. The molecule has 2 atom stereocenters. The average Bonchev–Trinajstić information content (AvgIpc) is 2.67. The zero-order valence-electron chi connectivity index (χ0n) is 8.43. The van der Waals surface area contributed by atoms with E-state index in [9.17, 15) is 4.79 Å². The minimum absolute atomic E-state index is 0.118. The predicted molar refractivity (Wildman–Crippen MR) is 60.9 cm³/mol. The smallest absolute Gasteiger partial charge is 0.321 e. The first-order valence-corrected chi connectivity index (χ1v) is 5.89. The van der Waals surface area contributed by atoms with Gasteiger partial charge >= 0.3 is 5.97 Å². The highest BCUT2D eigenvalue weighted by Gasteiger charge is 2.30. The summed E-state index contributed by atoms with van der Waals surface area (Å²) >= 11 is 1.65. The molecule has 1 aromatic carbocycles. The molecule has 1 saturated heterocycles. The summed E-state index contributed by atoms with van der Waals surface area (Å²) in [6.45, 7) is 2.05. The third-order valence-electron chi connectivity index (χ3n) is 2.55. The average molecular weight is 223 g/mol. The van der Waals surface area contributed by atoms with Crippen LogP contribution in [-0.2, 0) is 4.79 Å². The molecule has 1 unspecified atom stereocenters. The molecule has 2 rings (SSSR count). The third kappa shape index (κ3) is 2.16. The number of aryl methyl sites for hydroxylation is 1. The van der Waals surface area contributed by atoms with Crippen LogP contribution >= 0.6 is 11.8 Å². The van der Waals surface area contributed by atoms with E-state index in [0.29, 0.717) is 5.75 Å². The van der Waals surface area contributed by atoms with Gasteiger partial charge in [0.15, 0.2) is 0 Å². The van der Waals surface area contributed by atoms with Crippen molar-refractivity contribution in [1.29, 1.82) is 0 Å². The number of carboxylic acids is 1. The molecule has 3 nitrogen and oxygen atoms in total. The Morgan fingerprint density at radius 1 is 1.53 bits per heavy atom. The van der Waals surface area contributed by atoms with Gasteiger partial charge in [-0.2, -0.15) is 0 Å². The lowest BCUT2D eigenvalue weighted by Gasteiger charge is -2.13. The second-order valence-corrected chi connectivity index (χ2v) is 4.77. The van der Waals surface area contributed by atoms with Gasteiger partial charge in [-0.15, -0.1) is 11.8 Å². The van der Waals surface area contributed by atoms with Crippen molar-refractivity contribution in [3.05, 3.63) is 35.4 Å². The van der Waals surface area contributed by atoms with Crippen molar-refractivity contribution in [3.63, 3.8) is 0 Å². The third-order valence-corrected chi connectivity index (χ3v) is 3.80. The van der Waals surface area contributed by atoms with Gasteiger partial charge < -0.3 is 5.11 Å². The molecule has 0 aliphatic carbocycles. The fourth-order valence-corrected chi connectivity index (χ4v) is 3.00. The number of carbonyl (C=O) groups is 1.